The maximum atomic E-state index is 4.47. The smallest absolute Gasteiger partial charge is 0.0568 e. The lowest BCUT2D eigenvalue weighted by atomic mass is 10.0. The summed E-state index contributed by atoms with van der Waals surface area (Å²) in [4.78, 5) is 0. The molecule has 0 saturated heterocycles. The minimum atomic E-state index is 0.378. The van der Waals surface area contributed by atoms with E-state index in [-0.39, 0.29) is 0 Å². The van der Waals surface area contributed by atoms with Crippen LogP contribution < -0.4 is 5.32 Å². The number of aromatic nitrogens is 2. The highest BCUT2D eigenvalue weighted by Crippen LogP contribution is 2.22. The van der Waals surface area contributed by atoms with Crippen LogP contribution in [0.15, 0.2) is 36.7 Å². The average Bonchev–Trinajstić information content (AvgIpc) is 2.93. The third kappa shape index (κ3) is 4.70. The van der Waals surface area contributed by atoms with Crippen molar-refractivity contribution in [1.29, 1.82) is 0 Å². The second-order valence-electron chi connectivity index (χ2n) is 6.84. The fourth-order valence-corrected chi connectivity index (χ4v) is 2.59. The van der Waals surface area contributed by atoms with Crippen molar-refractivity contribution in [1.82, 2.24) is 15.1 Å². The number of hydrogen-bond acceptors (Lipinski definition) is 2. The minimum absolute atomic E-state index is 0.378. The number of rotatable bonds is 7. The summed E-state index contributed by atoms with van der Waals surface area (Å²) in [5.74, 6) is 0.710. The fourth-order valence-electron chi connectivity index (χ4n) is 2.59. The van der Waals surface area contributed by atoms with Gasteiger partial charge in [-0.2, -0.15) is 5.10 Å². The van der Waals surface area contributed by atoms with E-state index in [2.05, 4.69) is 75.5 Å². The van der Waals surface area contributed by atoms with Gasteiger partial charge in [0.1, 0.15) is 0 Å². The van der Waals surface area contributed by atoms with Crippen molar-refractivity contribution >= 4 is 0 Å². The van der Waals surface area contributed by atoms with E-state index < -0.39 is 0 Å². The van der Waals surface area contributed by atoms with Crippen molar-refractivity contribution in [2.75, 3.05) is 0 Å². The number of benzene rings is 1. The zero-order valence-electron chi connectivity index (χ0n) is 14.5. The van der Waals surface area contributed by atoms with E-state index in [1.807, 2.05) is 10.9 Å². The van der Waals surface area contributed by atoms with Crippen LogP contribution in [-0.2, 0) is 6.54 Å². The van der Waals surface area contributed by atoms with E-state index >= 15 is 0 Å². The van der Waals surface area contributed by atoms with Crippen LogP contribution >= 0.6 is 0 Å². The van der Waals surface area contributed by atoms with Crippen LogP contribution in [0.2, 0.25) is 0 Å². The monoisotopic (exact) mass is 299 g/mol. The van der Waals surface area contributed by atoms with E-state index in [1.165, 1.54) is 23.1 Å². The Morgan fingerprint density at radius 2 is 1.68 bits per heavy atom. The van der Waals surface area contributed by atoms with Crippen molar-refractivity contribution in [3.05, 3.63) is 42.2 Å². The molecule has 0 fully saturated rings. The van der Waals surface area contributed by atoms with Crippen LogP contribution in [-0.4, -0.2) is 15.8 Å². The summed E-state index contributed by atoms with van der Waals surface area (Å²) < 4.78 is 2.05. The first-order chi connectivity index (χ1) is 10.5. The molecule has 0 aliphatic rings. The molecule has 2 aromatic rings. The first kappa shape index (κ1) is 16.8. The fraction of sp³-hybridized carbons (Fsp3) is 0.526. The van der Waals surface area contributed by atoms with Gasteiger partial charge in [-0.25, -0.2) is 0 Å². The predicted molar refractivity (Wildman–Crippen MR) is 93.8 cm³/mol. The number of nitrogens with one attached hydrogen (secondary N) is 1. The van der Waals surface area contributed by atoms with Crippen molar-refractivity contribution in [3.8, 4) is 11.1 Å². The highest BCUT2D eigenvalue weighted by molar-refractivity contribution is 5.62. The van der Waals surface area contributed by atoms with Crippen LogP contribution in [0.4, 0.5) is 0 Å². The quantitative estimate of drug-likeness (QED) is 0.806. The summed E-state index contributed by atoms with van der Waals surface area (Å²) in [5, 5.41) is 8.00. The third-order valence-corrected chi connectivity index (χ3v) is 3.90. The zero-order valence-corrected chi connectivity index (χ0v) is 14.5. The van der Waals surface area contributed by atoms with E-state index in [4.69, 9.17) is 0 Å². The second kappa shape index (κ2) is 7.59. The van der Waals surface area contributed by atoms with Crippen molar-refractivity contribution < 1.29 is 0 Å². The van der Waals surface area contributed by atoms with Gasteiger partial charge in [-0.05, 0) is 30.4 Å². The van der Waals surface area contributed by atoms with Gasteiger partial charge in [-0.15, -0.1) is 0 Å². The van der Waals surface area contributed by atoms with E-state index in [0.29, 0.717) is 18.0 Å². The first-order valence-corrected chi connectivity index (χ1v) is 8.34. The van der Waals surface area contributed by atoms with Crippen LogP contribution in [0.1, 0.15) is 52.6 Å². The van der Waals surface area contributed by atoms with Gasteiger partial charge in [0, 0.05) is 30.4 Å². The third-order valence-electron chi connectivity index (χ3n) is 3.90. The topological polar surface area (TPSA) is 29.9 Å². The lowest BCUT2D eigenvalue weighted by Crippen LogP contribution is -2.25. The van der Waals surface area contributed by atoms with Crippen molar-refractivity contribution in [2.45, 2.75) is 59.7 Å². The van der Waals surface area contributed by atoms with Gasteiger partial charge in [0.25, 0.3) is 0 Å². The molecule has 1 atom stereocenters. The zero-order chi connectivity index (χ0) is 16.1. The Morgan fingerprint density at radius 1 is 1.00 bits per heavy atom. The standard InChI is InChI=1S/C19H29N3/c1-14(2)10-11-22-13-19(12-20-22)18-8-6-17(7-9-18)16(5)21-15(3)4/h6-9,12-16,21H,10-11H2,1-5H3. The van der Waals surface area contributed by atoms with Gasteiger partial charge < -0.3 is 5.32 Å². The largest absolute Gasteiger partial charge is 0.308 e. The summed E-state index contributed by atoms with van der Waals surface area (Å²) in [6.45, 7) is 12.0. The first-order valence-electron chi connectivity index (χ1n) is 8.34. The number of aryl methyl sites for hydroxylation is 1. The summed E-state index contributed by atoms with van der Waals surface area (Å²) in [5.41, 5.74) is 3.75. The molecule has 2 rings (SSSR count). The molecule has 1 aromatic carbocycles. The lowest BCUT2D eigenvalue weighted by molar-refractivity contribution is 0.487. The average molecular weight is 299 g/mol. The molecule has 0 radical (unpaired) electrons. The van der Waals surface area contributed by atoms with Gasteiger partial charge in [-0.1, -0.05) is 52.0 Å². The van der Waals surface area contributed by atoms with Gasteiger partial charge in [-0.3, -0.25) is 4.68 Å². The molecule has 1 unspecified atom stereocenters. The summed E-state index contributed by atoms with van der Waals surface area (Å²) >= 11 is 0. The molecular weight excluding hydrogens is 270 g/mol. The normalized spacial score (nSPS) is 13.0. The molecule has 1 heterocycles. The molecule has 22 heavy (non-hydrogen) atoms. The highest BCUT2D eigenvalue weighted by atomic mass is 15.3. The molecule has 120 valence electrons. The van der Waals surface area contributed by atoms with Crippen molar-refractivity contribution in [3.63, 3.8) is 0 Å². The molecule has 0 saturated carbocycles. The maximum Gasteiger partial charge on any atom is 0.0568 e. The molecule has 0 bridgehead atoms. The summed E-state index contributed by atoms with van der Waals surface area (Å²) in [6, 6.07) is 9.67. The van der Waals surface area contributed by atoms with Crippen molar-refractivity contribution in [2.24, 2.45) is 5.92 Å². The molecule has 1 aromatic heterocycles. The Labute approximate surface area is 134 Å². The Balaban J connectivity index is 2.04. The van der Waals surface area contributed by atoms with Crippen LogP contribution in [0.3, 0.4) is 0 Å². The number of hydrogen-bond donors (Lipinski definition) is 1. The van der Waals surface area contributed by atoms with E-state index in [0.717, 1.165) is 6.54 Å². The number of nitrogens with zero attached hydrogens (tertiary/aromatic N) is 2. The van der Waals surface area contributed by atoms with Crippen LogP contribution in [0.5, 0.6) is 0 Å². The molecule has 0 aliphatic heterocycles. The maximum absolute atomic E-state index is 4.47. The Morgan fingerprint density at radius 3 is 2.27 bits per heavy atom. The van der Waals surface area contributed by atoms with E-state index in [1.54, 1.807) is 0 Å². The van der Waals surface area contributed by atoms with Crippen LogP contribution in [0, 0.1) is 5.92 Å². The lowest BCUT2D eigenvalue weighted by Gasteiger charge is -2.17. The molecule has 1 N–H and O–H groups in total. The van der Waals surface area contributed by atoms with Gasteiger partial charge >= 0.3 is 0 Å². The van der Waals surface area contributed by atoms with Gasteiger partial charge in [0.05, 0.1) is 6.20 Å². The highest BCUT2D eigenvalue weighted by Gasteiger charge is 2.08. The predicted octanol–water partition coefficient (Wildman–Crippen LogP) is 4.66. The summed E-state index contributed by atoms with van der Waals surface area (Å²) in [7, 11) is 0. The van der Waals surface area contributed by atoms with E-state index in [9.17, 15) is 0 Å². The Bertz CT molecular complexity index is 567. The SMILES string of the molecule is CC(C)CCn1cc(-c2ccc(C(C)NC(C)C)cc2)cn1. The summed E-state index contributed by atoms with van der Waals surface area (Å²) in [6.07, 6.45) is 5.27. The molecule has 0 aliphatic carbocycles. The molecule has 3 nitrogen and oxygen atoms in total. The van der Waals surface area contributed by atoms with Gasteiger partial charge in [0.2, 0.25) is 0 Å². The molecule has 0 spiro atoms. The molecule has 3 heteroatoms. The van der Waals surface area contributed by atoms with Gasteiger partial charge in [0.15, 0.2) is 0 Å². The minimum Gasteiger partial charge on any atom is -0.308 e. The second-order valence-corrected chi connectivity index (χ2v) is 6.84. The Hall–Kier alpha value is -1.61. The molecular formula is C19H29N3. The Kier molecular flexibility index (Phi) is 5.78. The van der Waals surface area contributed by atoms with Crippen LogP contribution in [0.25, 0.3) is 11.1 Å². The molecule has 0 amide bonds.